The molecule has 0 bridgehead atoms. The Labute approximate surface area is 212 Å². The number of aromatic nitrogens is 3. The predicted molar refractivity (Wildman–Crippen MR) is 143 cm³/mol. The van der Waals surface area contributed by atoms with Crippen LogP contribution in [-0.2, 0) is 6.54 Å². The van der Waals surface area contributed by atoms with Crippen LogP contribution < -0.4 is 15.0 Å². The summed E-state index contributed by atoms with van der Waals surface area (Å²) in [4.78, 5) is 18.4. The number of ether oxygens (including phenoxy) is 1. The molecule has 4 rings (SSSR count). The minimum Gasteiger partial charge on any atom is -0.497 e. The molecule has 1 aliphatic heterocycles. The number of hydrogen-bond donors (Lipinski definition) is 1. The van der Waals surface area contributed by atoms with Crippen molar-refractivity contribution in [3.63, 3.8) is 0 Å². The quantitative estimate of drug-likeness (QED) is 0.283. The molecule has 1 aromatic carbocycles. The summed E-state index contributed by atoms with van der Waals surface area (Å²) in [6, 6.07) is 12.3. The molecule has 33 heavy (non-hydrogen) atoms. The number of piperazine rings is 1. The molecule has 0 unspecified atom stereocenters. The minimum absolute atomic E-state index is 0. The molecule has 2 aromatic heterocycles. The molecule has 3 aromatic rings. The Bertz CT molecular complexity index is 1040. The number of rotatable bonds is 6. The first-order chi connectivity index (χ1) is 15.7. The molecule has 0 amide bonds. The molecule has 0 saturated carbocycles. The Hall–Kier alpha value is -2.82. The lowest BCUT2D eigenvalue weighted by molar-refractivity contribution is 0.372. The number of methoxy groups -OCH3 is 1. The Morgan fingerprint density at radius 3 is 2.58 bits per heavy atom. The summed E-state index contributed by atoms with van der Waals surface area (Å²) < 4.78 is 7.34. The summed E-state index contributed by atoms with van der Waals surface area (Å²) in [5, 5.41) is 3.44. The van der Waals surface area contributed by atoms with Gasteiger partial charge in [-0.15, -0.1) is 24.0 Å². The van der Waals surface area contributed by atoms with Crippen molar-refractivity contribution >= 4 is 35.6 Å². The highest BCUT2D eigenvalue weighted by Crippen LogP contribution is 2.22. The van der Waals surface area contributed by atoms with Crippen molar-refractivity contribution < 1.29 is 4.74 Å². The number of anilines is 1. The van der Waals surface area contributed by atoms with Crippen molar-refractivity contribution in [2.45, 2.75) is 20.4 Å². The molecule has 0 radical (unpaired) electrons. The van der Waals surface area contributed by atoms with Crippen molar-refractivity contribution in [1.82, 2.24) is 24.8 Å². The van der Waals surface area contributed by atoms with Crippen LogP contribution in [0.15, 0.2) is 60.0 Å². The van der Waals surface area contributed by atoms with E-state index in [1.807, 2.05) is 42.1 Å². The summed E-state index contributed by atoms with van der Waals surface area (Å²) in [6.07, 6.45) is 5.60. The lowest BCUT2D eigenvalue weighted by Gasteiger charge is -2.37. The van der Waals surface area contributed by atoms with Gasteiger partial charge in [-0.2, -0.15) is 0 Å². The van der Waals surface area contributed by atoms with E-state index < -0.39 is 0 Å². The van der Waals surface area contributed by atoms with Crippen LogP contribution in [0.2, 0.25) is 0 Å². The second-order valence-electron chi connectivity index (χ2n) is 7.71. The van der Waals surface area contributed by atoms with Crippen LogP contribution in [0.5, 0.6) is 5.75 Å². The summed E-state index contributed by atoms with van der Waals surface area (Å²) in [6.45, 7) is 9.22. The molecular weight excluding hydrogens is 529 g/mol. The number of guanidine groups is 1. The molecular formula is C24H32IN7O. The van der Waals surface area contributed by atoms with Crippen molar-refractivity contribution in [3.8, 4) is 11.6 Å². The number of nitrogens with zero attached hydrogens (tertiary/aromatic N) is 6. The molecule has 1 N–H and O–H groups in total. The maximum absolute atomic E-state index is 5.37. The van der Waals surface area contributed by atoms with Gasteiger partial charge in [-0.3, -0.25) is 4.57 Å². The number of pyridine rings is 1. The zero-order chi connectivity index (χ0) is 22.3. The number of imidazole rings is 1. The molecule has 0 spiro atoms. The third-order valence-corrected chi connectivity index (χ3v) is 5.63. The van der Waals surface area contributed by atoms with E-state index in [1.165, 1.54) is 5.69 Å². The maximum atomic E-state index is 5.37. The summed E-state index contributed by atoms with van der Waals surface area (Å²) in [5.74, 6) is 3.63. The van der Waals surface area contributed by atoms with E-state index in [2.05, 4.69) is 50.2 Å². The van der Waals surface area contributed by atoms with E-state index in [4.69, 9.17) is 9.73 Å². The molecule has 9 heteroatoms. The second-order valence-corrected chi connectivity index (χ2v) is 7.71. The minimum atomic E-state index is 0. The van der Waals surface area contributed by atoms with Gasteiger partial charge in [0.05, 0.1) is 13.7 Å². The van der Waals surface area contributed by atoms with Gasteiger partial charge in [-0.1, -0.05) is 12.1 Å². The first kappa shape index (κ1) is 24.8. The van der Waals surface area contributed by atoms with E-state index in [0.717, 1.165) is 61.6 Å². The highest BCUT2D eigenvalue weighted by Gasteiger charge is 2.20. The zero-order valence-electron chi connectivity index (χ0n) is 19.4. The molecule has 0 atom stereocenters. The molecule has 0 aliphatic carbocycles. The molecule has 176 valence electrons. The fraction of sp³-hybridized carbons (Fsp3) is 0.375. The Kier molecular flexibility index (Phi) is 8.93. The monoisotopic (exact) mass is 561 g/mol. The summed E-state index contributed by atoms with van der Waals surface area (Å²) in [7, 11) is 1.71. The van der Waals surface area contributed by atoms with Gasteiger partial charge in [0.25, 0.3) is 0 Å². The fourth-order valence-electron chi connectivity index (χ4n) is 3.85. The third kappa shape index (κ3) is 6.16. The smallest absolute Gasteiger partial charge is 0.194 e. The molecule has 1 saturated heterocycles. The lowest BCUT2D eigenvalue weighted by Crippen LogP contribution is -2.52. The number of aryl methyl sites for hydroxylation is 1. The number of nitrogens with one attached hydrogen (secondary N) is 1. The number of benzene rings is 1. The summed E-state index contributed by atoms with van der Waals surface area (Å²) in [5.41, 5.74) is 2.28. The van der Waals surface area contributed by atoms with Gasteiger partial charge in [0, 0.05) is 63.1 Å². The first-order valence-corrected chi connectivity index (χ1v) is 11.1. The van der Waals surface area contributed by atoms with E-state index >= 15 is 0 Å². The van der Waals surface area contributed by atoms with E-state index in [9.17, 15) is 0 Å². The number of aliphatic imine (C=N–C) groups is 1. The Morgan fingerprint density at radius 2 is 1.94 bits per heavy atom. The van der Waals surface area contributed by atoms with Crippen LogP contribution in [0, 0.1) is 6.92 Å². The summed E-state index contributed by atoms with van der Waals surface area (Å²) >= 11 is 0. The van der Waals surface area contributed by atoms with Crippen molar-refractivity contribution in [1.29, 1.82) is 0 Å². The Morgan fingerprint density at radius 1 is 1.12 bits per heavy atom. The van der Waals surface area contributed by atoms with Crippen molar-refractivity contribution in [2.75, 3.05) is 44.7 Å². The average Bonchev–Trinajstić information content (AvgIpc) is 3.28. The first-order valence-electron chi connectivity index (χ1n) is 11.1. The van der Waals surface area contributed by atoms with Gasteiger partial charge >= 0.3 is 0 Å². The highest BCUT2D eigenvalue weighted by molar-refractivity contribution is 14.0. The predicted octanol–water partition coefficient (Wildman–Crippen LogP) is 3.49. The van der Waals surface area contributed by atoms with Gasteiger partial charge in [0.1, 0.15) is 17.4 Å². The van der Waals surface area contributed by atoms with Crippen LogP contribution >= 0.6 is 24.0 Å². The second kappa shape index (κ2) is 11.9. The molecule has 8 nitrogen and oxygen atoms in total. The highest BCUT2D eigenvalue weighted by atomic mass is 127. The van der Waals surface area contributed by atoms with Gasteiger partial charge < -0.3 is 19.9 Å². The maximum Gasteiger partial charge on any atom is 0.194 e. The number of halogens is 1. The third-order valence-electron chi connectivity index (χ3n) is 5.63. The zero-order valence-corrected chi connectivity index (χ0v) is 21.8. The SMILES string of the molecule is CCNC(=NCc1ccc(-n2ccnc2C)nc1)N1CCN(c2cccc(OC)c2)CC1.I. The van der Waals surface area contributed by atoms with Gasteiger partial charge in [-0.05, 0) is 37.6 Å². The van der Waals surface area contributed by atoms with Crippen LogP contribution in [0.4, 0.5) is 5.69 Å². The topological polar surface area (TPSA) is 70.8 Å². The van der Waals surface area contributed by atoms with E-state index in [-0.39, 0.29) is 24.0 Å². The average molecular weight is 561 g/mol. The Balaban J connectivity index is 0.00000306. The van der Waals surface area contributed by atoms with Gasteiger partial charge in [-0.25, -0.2) is 15.0 Å². The van der Waals surface area contributed by atoms with Crippen LogP contribution in [0.1, 0.15) is 18.3 Å². The van der Waals surface area contributed by atoms with Crippen LogP contribution in [0.25, 0.3) is 5.82 Å². The molecule has 1 fully saturated rings. The molecule has 3 heterocycles. The molecule has 1 aliphatic rings. The lowest BCUT2D eigenvalue weighted by atomic mass is 10.2. The fourth-order valence-corrected chi connectivity index (χ4v) is 3.85. The number of hydrogen-bond acceptors (Lipinski definition) is 5. The van der Waals surface area contributed by atoms with E-state index in [1.54, 1.807) is 13.3 Å². The largest absolute Gasteiger partial charge is 0.497 e. The van der Waals surface area contributed by atoms with Crippen LogP contribution in [-0.4, -0.2) is 65.2 Å². The van der Waals surface area contributed by atoms with Crippen LogP contribution in [0.3, 0.4) is 0 Å². The van der Waals surface area contributed by atoms with Crippen molar-refractivity contribution in [3.05, 3.63) is 66.4 Å². The van der Waals surface area contributed by atoms with E-state index in [0.29, 0.717) is 6.54 Å². The van der Waals surface area contributed by atoms with Gasteiger partial charge in [0.15, 0.2) is 5.96 Å². The normalized spacial score (nSPS) is 14.1. The standard InChI is InChI=1S/C24H31N7O.HI/c1-4-25-24(28-18-20-8-9-23(27-17-20)31-11-10-26-19(31)2)30-14-12-29(13-15-30)21-6-5-7-22(16-21)32-3;/h5-11,16-17H,4,12-15,18H2,1-3H3,(H,25,28);1H. The van der Waals surface area contributed by atoms with Crippen molar-refractivity contribution in [2.24, 2.45) is 4.99 Å². The van der Waals surface area contributed by atoms with Gasteiger partial charge in [0.2, 0.25) is 0 Å².